The quantitative estimate of drug-likeness (QED) is 0.677. The van der Waals surface area contributed by atoms with Crippen LogP contribution < -0.4 is 0 Å². The van der Waals surface area contributed by atoms with E-state index in [1.54, 1.807) is 0 Å². The fourth-order valence-electron chi connectivity index (χ4n) is 7.46. The molecule has 4 aliphatic rings. The summed E-state index contributed by atoms with van der Waals surface area (Å²) < 4.78 is 0. The number of allylic oxidation sites excluding steroid dienone is 2. The molecule has 6 atom stereocenters. The van der Waals surface area contributed by atoms with Crippen LogP contribution >= 0.6 is 0 Å². The summed E-state index contributed by atoms with van der Waals surface area (Å²) in [6.45, 7) is 7.82. The number of aliphatic hydroxyl groups excluding tert-OH is 1. The second-order valence-electron chi connectivity index (χ2n) is 9.75. The van der Waals surface area contributed by atoms with Gasteiger partial charge in [0.2, 0.25) is 0 Å². The molecular formula is C20H32O. The van der Waals surface area contributed by atoms with Crippen molar-refractivity contribution in [1.29, 1.82) is 0 Å². The lowest BCUT2D eigenvalue weighted by atomic mass is 9.40. The second kappa shape index (κ2) is 4.16. The summed E-state index contributed by atoms with van der Waals surface area (Å²) in [6, 6.07) is 0. The van der Waals surface area contributed by atoms with Gasteiger partial charge in [0.15, 0.2) is 0 Å². The van der Waals surface area contributed by atoms with Crippen LogP contribution in [0.5, 0.6) is 0 Å². The first kappa shape index (κ1) is 14.3. The van der Waals surface area contributed by atoms with E-state index >= 15 is 0 Å². The number of aliphatic hydroxyl groups is 1. The predicted molar refractivity (Wildman–Crippen MR) is 86.9 cm³/mol. The highest BCUT2D eigenvalue weighted by molar-refractivity contribution is 5.25. The Morgan fingerprint density at radius 1 is 0.952 bits per heavy atom. The summed E-state index contributed by atoms with van der Waals surface area (Å²) in [6.07, 6.45) is 16.1. The lowest BCUT2D eigenvalue weighted by molar-refractivity contribution is -0.154. The van der Waals surface area contributed by atoms with Crippen molar-refractivity contribution in [1.82, 2.24) is 0 Å². The molecule has 4 rings (SSSR count). The van der Waals surface area contributed by atoms with Crippen LogP contribution in [0.1, 0.15) is 72.1 Å². The predicted octanol–water partition coefficient (Wildman–Crippen LogP) is 4.95. The Bertz CT molecular complexity index is 482. The van der Waals surface area contributed by atoms with Crippen molar-refractivity contribution in [3.63, 3.8) is 0 Å². The van der Waals surface area contributed by atoms with Crippen LogP contribution in [-0.2, 0) is 0 Å². The van der Waals surface area contributed by atoms with Crippen molar-refractivity contribution in [2.75, 3.05) is 6.61 Å². The van der Waals surface area contributed by atoms with Gasteiger partial charge in [0, 0.05) is 6.61 Å². The van der Waals surface area contributed by atoms with Gasteiger partial charge in [0.1, 0.15) is 0 Å². The molecule has 0 aromatic rings. The Balaban J connectivity index is 1.74. The molecule has 0 aromatic carbocycles. The standard InChI is InChI=1S/C20H32O/c1-17-9-5-16-19(3)8-4-7-18(2,14-21)15(19)6-10-20(16,13-17)12-11-17/h11-12,15-16,21H,4-10,13-14H2,1-3H3/t15-,16+,17+,18+,19-,20-/m1/s1. The third-order valence-electron chi connectivity index (χ3n) is 8.41. The van der Waals surface area contributed by atoms with Crippen LogP contribution in [0.25, 0.3) is 0 Å². The zero-order valence-electron chi connectivity index (χ0n) is 14.1. The minimum Gasteiger partial charge on any atom is -0.396 e. The first-order valence-corrected chi connectivity index (χ1v) is 9.17. The normalized spacial score (nSPS) is 58.7. The van der Waals surface area contributed by atoms with Gasteiger partial charge >= 0.3 is 0 Å². The molecule has 118 valence electrons. The second-order valence-corrected chi connectivity index (χ2v) is 9.75. The van der Waals surface area contributed by atoms with E-state index in [0.717, 1.165) is 11.8 Å². The van der Waals surface area contributed by atoms with E-state index in [1.807, 2.05) is 0 Å². The summed E-state index contributed by atoms with van der Waals surface area (Å²) in [4.78, 5) is 0. The Morgan fingerprint density at radius 3 is 2.48 bits per heavy atom. The van der Waals surface area contributed by atoms with Gasteiger partial charge in [-0.3, -0.25) is 0 Å². The molecule has 3 saturated carbocycles. The van der Waals surface area contributed by atoms with Gasteiger partial charge in [0.25, 0.3) is 0 Å². The molecule has 0 radical (unpaired) electrons. The van der Waals surface area contributed by atoms with Crippen LogP contribution in [0.2, 0.25) is 0 Å². The zero-order valence-corrected chi connectivity index (χ0v) is 14.1. The minimum atomic E-state index is 0.178. The summed E-state index contributed by atoms with van der Waals surface area (Å²) in [7, 11) is 0. The number of hydrogen-bond donors (Lipinski definition) is 1. The SMILES string of the molecule is C[C@@]12C=C[C@]3(CC[C@@H]4[C@](C)(CO)CCC[C@@]4(C)[C@@H]3CC1)C2. The van der Waals surface area contributed by atoms with E-state index in [1.165, 1.54) is 51.4 Å². The smallest absolute Gasteiger partial charge is 0.0487 e. The van der Waals surface area contributed by atoms with E-state index < -0.39 is 0 Å². The highest BCUT2D eigenvalue weighted by atomic mass is 16.3. The molecule has 1 nitrogen and oxygen atoms in total. The average Bonchev–Trinajstić information content (AvgIpc) is 2.69. The molecule has 1 spiro atoms. The number of fused-ring (bicyclic) bond motifs is 3. The fraction of sp³-hybridized carbons (Fsp3) is 0.900. The van der Waals surface area contributed by atoms with Crippen molar-refractivity contribution in [2.45, 2.75) is 72.1 Å². The molecule has 0 aliphatic heterocycles. The Labute approximate surface area is 130 Å². The minimum absolute atomic E-state index is 0.178. The van der Waals surface area contributed by atoms with E-state index in [-0.39, 0.29) is 5.41 Å². The summed E-state index contributed by atoms with van der Waals surface area (Å²) in [5.74, 6) is 1.60. The van der Waals surface area contributed by atoms with Gasteiger partial charge in [-0.15, -0.1) is 0 Å². The topological polar surface area (TPSA) is 20.2 Å². The molecular weight excluding hydrogens is 256 g/mol. The van der Waals surface area contributed by atoms with Gasteiger partial charge in [-0.05, 0) is 78.4 Å². The summed E-state index contributed by atoms with van der Waals surface area (Å²) in [5.41, 5.74) is 1.64. The highest BCUT2D eigenvalue weighted by Crippen LogP contribution is 2.71. The van der Waals surface area contributed by atoms with Crippen molar-refractivity contribution < 1.29 is 5.11 Å². The Morgan fingerprint density at radius 2 is 1.71 bits per heavy atom. The van der Waals surface area contributed by atoms with Crippen LogP contribution in [0.15, 0.2) is 12.2 Å². The third-order valence-corrected chi connectivity index (χ3v) is 8.41. The molecule has 3 fully saturated rings. The van der Waals surface area contributed by atoms with Crippen molar-refractivity contribution >= 4 is 0 Å². The molecule has 1 heteroatoms. The van der Waals surface area contributed by atoms with E-state index in [4.69, 9.17) is 0 Å². The maximum Gasteiger partial charge on any atom is 0.0487 e. The van der Waals surface area contributed by atoms with Gasteiger partial charge in [-0.1, -0.05) is 39.3 Å². The maximum absolute atomic E-state index is 10.1. The summed E-state index contributed by atoms with van der Waals surface area (Å²) >= 11 is 0. The van der Waals surface area contributed by atoms with Gasteiger partial charge in [-0.2, -0.15) is 0 Å². The molecule has 0 heterocycles. The molecule has 2 bridgehead atoms. The van der Waals surface area contributed by atoms with E-state index in [9.17, 15) is 5.11 Å². The fourth-order valence-corrected chi connectivity index (χ4v) is 7.46. The molecule has 0 unspecified atom stereocenters. The van der Waals surface area contributed by atoms with Crippen molar-refractivity contribution in [2.24, 2.45) is 33.5 Å². The van der Waals surface area contributed by atoms with Gasteiger partial charge in [0.05, 0.1) is 0 Å². The van der Waals surface area contributed by atoms with Crippen LogP contribution in [-0.4, -0.2) is 11.7 Å². The Kier molecular flexibility index (Phi) is 2.83. The van der Waals surface area contributed by atoms with Crippen LogP contribution in [0.3, 0.4) is 0 Å². The first-order valence-electron chi connectivity index (χ1n) is 9.17. The van der Waals surface area contributed by atoms with Crippen LogP contribution in [0, 0.1) is 33.5 Å². The van der Waals surface area contributed by atoms with E-state index in [2.05, 4.69) is 32.9 Å². The van der Waals surface area contributed by atoms with E-state index in [0.29, 0.717) is 22.9 Å². The number of rotatable bonds is 1. The van der Waals surface area contributed by atoms with Gasteiger partial charge in [-0.25, -0.2) is 0 Å². The average molecular weight is 288 g/mol. The Hall–Kier alpha value is -0.300. The zero-order chi connectivity index (χ0) is 14.9. The molecule has 0 amide bonds. The summed E-state index contributed by atoms with van der Waals surface area (Å²) in [5, 5.41) is 10.1. The number of hydrogen-bond acceptors (Lipinski definition) is 1. The largest absolute Gasteiger partial charge is 0.396 e. The monoisotopic (exact) mass is 288 g/mol. The molecule has 21 heavy (non-hydrogen) atoms. The first-order chi connectivity index (χ1) is 9.86. The highest BCUT2D eigenvalue weighted by Gasteiger charge is 2.63. The molecule has 0 saturated heterocycles. The molecule has 0 aromatic heterocycles. The molecule has 1 N–H and O–H groups in total. The van der Waals surface area contributed by atoms with Crippen molar-refractivity contribution in [3.05, 3.63) is 12.2 Å². The maximum atomic E-state index is 10.1. The lowest BCUT2D eigenvalue weighted by Gasteiger charge is -2.64. The van der Waals surface area contributed by atoms with Gasteiger partial charge < -0.3 is 5.11 Å². The van der Waals surface area contributed by atoms with Crippen LogP contribution in [0.4, 0.5) is 0 Å². The molecule has 4 aliphatic carbocycles. The third kappa shape index (κ3) is 1.73. The van der Waals surface area contributed by atoms with Crippen molar-refractivity contribution in [3.8, 4) is 0 Å². The lowest BCUT2D eigenvalue weighted by Crippen LogP contribution is -2.57.